The van der Waals surface area contributed by atoms with Crippen molar-refractivity contribution in [2.75, 3.05) is 13.1 Å². The molecule has 1 amide bonds. The van der Waals surface area contributed by atoms with Crippen molar-refractivity contribution in [3.8, 4) is 5.69 Å². The summed E-state index contributed by atoms with van der Waals surface area (Å²) in [6.07, 6.45) is 0.628. The summed E-state index contributed by atoms with van der Waals surface area (Å²) in [6, 6.07) is 12.7. The van der Waals surface area contributed by atoms with Crippen molar-refractivity contribution in [3.63, 3.8) is 0 Å². The molecule has 2 aliphatic heterocycles. The zero-order valence-electron chi connectivity index (χ0n) is 16.7. The molecule has 4 heterocycles. The molecule has 0 saturated carbocycles. The molecule has 1 aromatic carbocycles. The van der Waals surface area contributed by atoms with Crippen molar-refractivity contribution in [2.45, 2.75) is 36.6 Å². The lowest BCUT2D eigenvalue weighted by atomic mass is 10.1. The van der Waals surface area contributed by atoms with Crippen LogP contribution in [0.15, 0.2) is 52.1 Å². The van der Waals surface area contributed by atoms with Crippen LogP contribution in [0.25, 0.3) is 5.69 Å². The van der Waals surface area contributed by atoms with Crippen LogP contribution in [-0.2, 0) is 14.6 Å². The maximum Gasteiger partial charge on any atom is 0.273 e. The summed E-state index contributed by atoms with van der Waals surface area (Å²) in [6.45, 7) is 4.66. The van der Waals surface area contributed by atoms with Crippen LogP contribution in [0.4, 0.5) is 0 Å². The standard InChI is InChI=1S/C21H22N4O3S2/c1-14-19-15(2)24(21(26)20(19)25(22-14)16-7-4-3-5-8-16)17-10-11-23(13-17)30(27,28)18-9-6-12-29-18/h3-9,12,15,17H,10-11,13H2,1-2H3. The lowest BCUT2D eigenvalue weighted by molar-refractivity contribution is 0.0646. The molecule has 7 nitrogen and oxygen atoms in total. The van der Waals surface area contributed by atoms with Gasteiger partial charge in [-0.1, -0.05) is 33.7 Å². The fourth-order valence-electron chi connectivity index (χ4n) is 4.61. The zero-order valence-corrected chi connectivity index (χ0v) is 18.4. The molecule has 9 heteroatoms. The van der Waals surface area contributed by atoms with E-state index >= 15 is 0 Å². The molecule has 30 heavy (non-hydrogen) atoms. The van der Waals surface area contributed by atoms with Gasteiger partial charge in [0.05, 0.1) is 30.0 Å². The van der Waals surface area contributed by atoms with Crippen LogP contribution < -0.4 is 0 Å². The van der Waals surface area contributed by atoms with E-state index in [9.17, 15) is 13.6 Å². The van der Waals surface area contributed by atoms with E-state index in [0.29, 0.717) is 29.4 Å². The number of carbonyl (C=O) groups is 1. The Morgan fingerprint density at radius 3 is 2.67 bits per heavy atom. The number of para-hydroxylation sites is 1. The van der Waals surface area contributed by atoms with E-state index in [1.54, 1.807) is 22.2 Å². The molecule has 2 aliphatic rings. The van der Waals surface area contributed by atoms with E-state index in [4.69, 9.17) is 0 Å². The van der Waals surface area contributed by atoms with E-state index in [0.717, 1.165) is 16.9 Å². The van der Waals surface area contributed by atoms with E-state index in [-0.39, 0.29) is 18.0 Å². The van der Waals surface area contributed by atoms with Crippen molar-refractivity contribution >= 4 is 27.6 Å². The van der Waals surface area contributed by atoms with E-state index in [1.807, 2.05) is 49.1 Å². The molecule has 2 aromatic heterocycles. The molecule has 0 spiro atoms. The summed E-state index contributed by atoms with van der Waals surface area (Å²) in [5.74, 6) is -0.0812. The molecule has 1 fully saturated rings. The first kappa shape index (κ1) is 19.6. The van der Waals surface area contributed by atoms with Gasteiger partial charge in [-0.05, 0) is 43.8 Å². The molecule has 1 saturated heterocycles. The van der Waals surface area contributed by atoms with Crippen molar-refractivity contribution < 1.29 is 13.6 Å². The highest BCUT2D eigenvalue weighted by atomic mass is 32.3. The molecule has 5 rings (SSSR count). The molecule has 156 valence electrons. The number of benzene rings is 1. The Morgan fingerprint density at radius 1 is 1.20 bits per heavy atom. The molecule has 0 aliphatic carbocycles. The Kier molecular flexibility index (Phi) is 4.66. The summed E-state index contributed by atoms with van der Waals surface area (Å²) < 4.78 is 29.4. The number of rotatable bonds is 4. The predicted molar refractivity (Wildman–Crippen MR) is 114 cm³/mol. The molecular formula is C21H22N4O3S2. The van der Waals surface area contributed by atoms with Gasteiger partial charge in [-0.2, -0.15) is 5.10 Å². The number of aromatic nitrogens is 2. The van der Waals surface area contributed by atoms with Gasteiger partial charge in [0, 0.05) is 18.2 Å². The van der Waals surface area contributed by atoms with Crippen LogP contribution in [0.3, 0.4) is 0 Å². The number of aryl methyl sites for hydroxylation is 1. The number of hydrogen-bond donors (Lipinski definition) is 0. The van der Waals surface area contributed by atoms with Crippen LogP contribution in [0.1, 0.15) is 41.1 Å². The maximum atomic E-state index is 13.5. The fraction of sp³-hybridized carbons (Fsp3) is 0.333. The first-order valence-electron chi connectivity index (χ1n) is 9.91. The summed E-state index contributed by atoms with van der Waals surface area (Å²) in [4.78, 5) is 15.3. The van der Waals surface area contributed by atoms with Crippen LogP contribution in [0.2, 0.25) is 0 Å². The van der Waals surface area contributed by atoms with Gasteiger partial charge >= 0.3 is 0 Å². The smallest absolute Gasteiger partial charge is 0.273 e. The van der Waals surface area contributed by atoms with Gasteiger partial charge in [0.2, 0.25) is 4.21 Å². The van der Waals surface area contributed by atoms with Crippen LogP contribution in [0.5, 0.6) is 0 Å². The summed E-state index contributed by atoms with van der Waals surface area (Å²) in [7, 11) is -3.51. The molecule has 0 N–H and O–H groups in total. The van der Waals surface area contributed by atoms with Crippen LogP contribution in [0, 0.1) is 6.92 Å². The molecule has 3 atom stereocenters. The van der Waals surface area contributed by atoms with Gasteiger partial charge in [0.15, 0.2) is 10.4 Å². The van der Waals surface area contributed by atoms with Gasteiger partial charge in [0.25, 0.3) is 5.91 Å². The third-order valence-corrected chi connectivity index (χ3v) is 9.23. The minimum absolute atomic E-state index is 0.0812. The number of hydrogen-bond acceptors (Lipinski definition) is 5. The Hall–Kier alpha value is -2.33. The molecule has 0 radical (unpaired) electrons. The highest BCUT2D eigenvalue weighted by Gasteiger charge is 2.47. The Bertz CT molecular complexity index is 1140. The average molecular weight is 443 g/mol. The van der Waals surface area contributed by atoms with E-state index in [2.05, 4.69) is 5.10 Å². The lowest BCUT2D eigenvalue weighted by Crippen LogP contribution is -2.42. The minimum atomic E-state index is -3.51. The first-order valence-corrected chi connectivity index (χ1v) is 12.2. The van der Waals surface area contributed by atoms with E-state index < -0.39 is 10.4 Å². The monoisotopic (exact) mass is 442 g/mol. The number of sulfonamides is 1. The summed E-state index contributed by atoms with van der Waals surface area (Å²) in [5, 5.41) is 6.38. The maximum absolute atomic E-state index is 13.5. The first-order chi connectivity index (χ1) is 14.4. The number of nitrogens with zero attached hydrogens (tertiary/aromatic N) is 4. The Labute approximate surface area is 180 Å². The number of fused-ring (bicyclic) bond motifs is 1. The second-order valence-electron chi connectivity index (χ2n) is 7.72. The van der Waals surface area contributed by atoms with Crippen LogP contribution >= 0.6 is 11.3 Å². The van der Waals surface area contributed by atoms with Gasteiger partial charge in [-0.3, -0.25) is 4.79 Å². The van der Waals surface area contributed by atoms with Gasteiger partial charge in [0.1, 0.15) is 5.69 Å². The predicted octanol–water partition coefficient (Wildman–Crippen LogP) is 3.44. The molecule has 3 aromatic rings. The molecular weight excluding hydrogens is 420 g/mol. The molecule has 3 unspecified atom stereocenters. The normalized spacial score (nSPS) is 23.7. The highest BCUT2D eigenvalue weighted by Crippen LogP contribution is 2.40. The number of carbonyl (C=O) groups excluding carboxylic acids is 1. The Balaban J connectivity index is 1.44. The quantitative estimate of drug-likeness (QED) is 0.580. The van der Waals surface area contributed by atoms with E-state index in [1.165, 1.54) is 15.6 Å². The summed E-state index contributed by atoms with van der Waals surface area (Å²) in [5.41, 5.74) is 3.20. The zero-order chi connectivity index (χ0) is 21.0. The Morgan fingerprint density at radius 2 is 1.97 bits per heavy atom. The van der Waals surface area contributed by atoms with Crippen molar-refractivity contribution in [1.29, 1.82) is 0 Å². The van der Waals surface area contributed by atoms with Crippen LogP contribution in [-0.4, -0.2) is 48.6 Å². The van der Waals surface area contributed by atoms with Gasteiger partial charge in [-0.15, -0.1) is 4.31 Å². The van der Waals surface area contributed by atoms with Crippen molar-refractivity contribution in [1.82, 2.24) is 19.0 Å². The third-order valence-electron chi connectivity index (χ3n) is 5.99. The second kappa shape index (κ2) is 7.12. The molecule has 0 bridgehead atoms. The average Bonchev–Trinajstić information content (AvgIpc) is 3.50. The van der Waals surface area contributed by atoms with Crippen molar-refractivity contribution in [2.24, 2.45) is 0 Å². The number of thiophene rings is 1. The van der Waals surface area contributed by atoms with Gasteiger partial charge in [-0.25, -0.2) is 4.68 Å². The number of amides is 1. The topological polar surface area (TPSA) is 81.5 Å². The van der Waals surface area contributed by atoms with Gasteiger partial charge < -0.3 is 9.45 Å². The lowest BCUT2D eigenvalue weighted by Gasteiger charge is -2.29. The minimum Gasteiger partial charge on any atom is -0.592 e. The highest BCUT2D eigenvalue weighted by molar-refractivity contribution is 7.97. The SMILES string of the molecule is Cc1nn(-c2ccccc2)c2c1C(C)N(C1CCN([S+](=O)([O-])c3cccs3)C1)C2=O. The third kappa shape index (κ3) is 2.88. The van der Waals surface area contributed by atoms with Crippen molar-refractivity contribution in [3.05, 3.63) is 64.8 Å². The summed E-state index contributed by atoms with van der Waals surface area (Å²) >= 11 is 1.22. The second-order valence-corrected chi connectivity index (χ2v) is 10.8. The largest absolute Gasteiger partial charge is 0.592 e. The fourth-order valence-corrected chi connectivity index (χ4v) is 7.25.